The van der Waals surface area contributed by atoms with Gasteiger partial charge in [-0.1, -0.05) is 6.92 Å². The summed E-state index contributed by atoms with van der Waals surface area (Å²) < 4.78 is 9.29. The van der Waals surface area contributed by atoms with Crippen molar-refractivity contribution in [2.45, 2.75) is 26.7 Å². The summed E-state index contributed by atoms with van der Waals surface area (Å²) in [5, 5.41) is 0. The van der Waals surface area contributed by atoms with Gasteiger partial charge in [-0.2, -0.15) is 4.98 Å². The second kappa shape index (κ2) is 5.59. The van der Waals surface area contributed by atoms with Crippen molar-refractivity contribution in [2.75, 3.05) is 7.11 Å². The number of nitrogens with zero attached hydrogens (tertiary/aromatic N) is 6. The minimum atomic E-state index is 0.565. The summed E-state index contributed by atoms with van der Waals surface area (Å²) in [7, 11) is 1.62. The standard InChI is InChI=1S/C17H18N6O/c1-4-5-13-19-11(2)15-17(22-9-8-18-10-22)20-12-6-7-14(24-3)21-16(12)23(13)15/h6-10H,4-5H2,1-3H3. The third-order valence-electron chi connectivity index (χ3n) is 4.03. The zero-order valence-electron chi connectivity index (χ0n) is 13.9. The number of hydrogen-bond acceptors (Lipinski definition) is 5. The number of aryl methyl sites for hydroxylation is 2. The molecule has 0 saturated carbocycles. The highest BCUT2D eigenvalue weighted by Crippen LogP contribution is 2.26. The van der Waals surface area contributed by atoms with Crippen LogP contribution in [-0.4, -0.2) is 36.0 Å². The molecular weight excluding hydrogens is 304 g/mol. The van der Waals surface area contributed by atoms with Crippen molar-refractivity contribution in [1.29, 1.82) is 0 Å². The molecule has 4 rings (SSSR count). The molecule has 0 atom stereocenters. The topological polar surface area (TPSA) is 70.1 Å². The van der Waals surface area contributed by atoms with Crippen molar-refractivity contribution in [3.05, 3.63) is 42.4 Å². The highest BCUT2D eigenvalue weighted by atomic mass is 16.5. The number of imidazole rings is 2. The van der Waals surface area contributed by atoms with Gasteiger partial charge in [0.1, 0.15) is 23.2 Å². The normalized spacial score (nSPS) is 11.5. The zero-order chi connectivity index (χ0) is 16.7. The molecule has 122 valence electrons. The van der Waals surface area contributed by atoms with Gasteiger partial charge in [0.05, 0.1) is 12.8 Å². The van der Waals surface area contributed by atoms with Gasteiger partial charge in [-0.15, -0.1) is 0 Å². The van der Waals surface area contributed by atoms with E-state index < -0.39 is 0 Å². The number of ether oxygens (including phenoxy) is 1. The van der Waals surface area contributed by atoms with E-state index in [0.717, 1.165) is 46.9 Å². The van der Waals surface area contributed by atoms with E-state index in [2.05, 4.69) is 21.3 Å². The van der Waals surface area contributed by atoms with Crippen molar-refractivity contribution >= 4 is 16.7 Å². The fourth-order valence-electron chi connectivity index (χ4n) is 2.99. The number of hydrogen-bond donors (Lipinski definition) is 0. The van der Waals surface area contributed by atoms with Gasteiger partial charge < -0.3 is 4.74 Å². The van der Waals surface area contributed by atoms with E-state index in [0.29, 0.717) is 5.88 Å². The molecule has 4 aromatic rings. The molecule has 0 bridgehead atoms. The second-order valence-corrected chi connectivity index (χ2v) is 5.65. The maximum Gasteiger partial charge on any atom is 0.215 e. The Hall–Kier alpha value is -2.96. The zero-order valence-corrected chi connectivity index (χ0v) is 13.9. The van der Waals surface area contributed by atoms with Gasteiger partial charge in [0, 0.05) is 24.9 Å². The Bertz CT molecular complexity index is 1020. The molecule has 0 aliphatic rings. The summed E-state index contributed by atoms with van der Waals surface area (Å²) in [6.45, 7) is 4.15. The minimum Gasteiger partial charge on any atom is -0.481 e. The van der Waals surface area contributed by atoms with E-state index in [-0.39, 0.29) is 0 Å². The van der Waals surface area contributed by atoms with Crippen molar-refractivity contribution in [1.82, 2.24) is 28.9 Å². The van der Waals surface area contributed by atoms with Crippen LogP contribution in [0.5, 0.6) is 5.88 Å². The van der Waals surface area contributed by atoms with Crippen LogP contribution in [0.15, 0.2) is 30.9 Å². The van der Waals surface area contributed by atoms with E-state index in [1.165, 1.54) is 0 Å². The van der Waals surface area contributed by atoms with Crippen LogP contribution in [0.4, 0.5) is 0 Å². The predicted octanol–water partition coefficient (Wildman–Crippen LogP) is 2.73. The highest BCUT2D eigenvalue weighted by Gasteiger charge is 2.18. The van der Waals surface area contributed by atoms with Crippen LogP contribution in [0.25, 0.3) is 22.5 Å². The fourth-order valence-corrected chi connectivity index (χ4v) is 2.99. The maximum atomic E-state index is 5.29. The Morgan fingerprint density at radius 3 is 2.75 bits per heavy atom. The number of methoxy groups -OCH3 is 1. The lowest BCUT2D eigenvalue weighted by atomic mass is 10.3. The molecule has 0 N–H and O–H groups in total. The molecule has 7 nitrogen and oxygen atoms in total. The Morgan fingerprint density at radius 1 is 1.17 bits per heavy atom. The van der Waals surface area contributed by atoms with Crippen LogP contribution in [0.2, 0.25) is 0 Å². The summed E-state index contributed by atoms with van der Waals surface area (Å²) in [4.78, 5) is 18.3. The average molecular weight is 322 g/mol. The first-order valence-corrected chi connectivity index (χ1v) is 7.94. The van der Waals surface area contributed by atoms with E-state index in [9.17, 15) is 0 Å². The van der Waals surface area contributed by atoms with E-state index >= 15 is 0 Å². The Balaban J connectivity index is 2.17. The van der Waals surface area contributed by atoms with Gasteiger partial charge in [0.2, 0.25) is 5.88 Å². The van der Waals surface area contributed by atoms with Crippen LogP contribution in [-0.2, 0) is 6.42 Å². The monoisotopic (exact) mass is 322 g/mol. The number of pyridine rings is 1. The third kappa shape index (κ3) is 2.12. The number of fused-ring (bicyclic) bond motifs is 3. The molecule has 0 unspecified atom stereocenters. The first kappa shape index (κ1) is 14.6. The third-order valence-corrected chi connectivity index (χ3v) is 4.03. The van der Waals surface area contributed by atoms with Gasteiger partial charge in [0.25, 0.3) is 0 Å². The summed E-state index contributed by atoms with van der Waals surface area (Å²) in [5.41, 5.74) is 3.44. The molecular formula is C17H18N6O. The van der Waals surface area contributed by atoms with Crippen LogP contribution in [0, 0.1) is 6.92 Å². The summed E-state index contributed by atoms with van der Waals surface area (Å²) >= 11 is 0. The van der Waals surface area contributed by atoms with Crippen molar-refractivity contribution < 1.29 is 4.74 Å². The Labute approximate surface area is 139 Å². The summed E-state index contributed by atoms with van der Waals surface area (Å²) in [6, 6.07) is 3.74. The smallest absolute Gasteiger partial charge is 0.215 e. The molecule has 0 aliphatic heterocycles. The molecule has 0 amide bonds. The lowest BCUT2D eigenvalue weighted by Crippen LogP contribution is -2.05. The van der Waals surface area contributed by atoms with E-state index in [1.807, 2.05) is 29.8 Å². The lowest BCUT2D eigenvalue weighted by molar-refractivity contribution is 0.399. The molecule has 0 spiro atoms. The van der Waals surface area contributed by atoms with Crippen molar-refractivity contribution in [2.24, 2.45) is 0 Å². The predicted molar refractivity (Wildman–Crippen MR) is 90.7 cm³/mol. The molecule has 4 heterocycles. The van der Waals surface area contributed by atoms with Crippen LogP contribution in [0.3, 0.4) is 0 Å². The SMILES string of the molecule is CCCc1nc(C)c2c(-n3ccnc3)nc3ccc(OC)nc3n12. The van der Waals surface area contributed by atoms with Gasteiger partial charge in [-0.3, -0.25) is 8.97 Å². The molecule has 0 radical (unpaired) electrons. The van der Waals surface area contributed by atoms with Gasteiger partial charge in [-0.25, -0.2) is 15.0 Å². The first-order valence-electron chi connectivity index (χ1n) is 7.94. The van der Waals surface area contributed by atoms with Gasteiger partial charge >= 0.3 is 0 Å². The molecule has 4 aromatic heterocycles. The van der Waals surface area contributed by atoms with Gasteiger partial charge in [-0.05, 0) is 19.4 Å². The molecule has 24 heavy (non-hydrogen) atoms. The van der Waals surface area contributed by atoms with Crippen molar-refractivity contribution in [3.8, 4) is 11.7 Å². The lowest BCUT2D eigenvalue weighted by Gasteiger charge is -2.10. The second-order valence-electron chi connectivity index (χ2n) is 5.65. The number of rotatable bonds is 4. The van der Waals surface area contributed by atoms with Crippen LogP contribution in [0.1, 0.15) is 24.9 Å². The first-order chi connectivity index (χ1) is 11.7. The molecule has 0 saturated heterocycles. The Morgan fingerprint density at radius 2 is 2.04 bits per heavy atom. The maximum absolute atomic E-state index is 5.29. The molecule has 0 fully saturated rings. The molecule has 0 aromatic carbocycles. The molecule has 7 heteroatoms. The minimum absolute atomic E-state index is 0.565. The average Bonchev–Trinajstić information content (AvgIpc) is 3.23. The Kier molecular flexibility index (Phi) is 3.41. The van der Waals surface area contributed by atoms with Crippen LogP contribution < -0.4 is 4.74 Å². The van der Waals surface area contributed by atoms with E-state index in [1.54, 1.807) is 19.6 Å². The molecule has 0 aliphatic carbocycles. The van der Waals surface area contributed by atoms with Crippen LogP contribution >= 0.6 is 0 Å². The quantitative estimate of drug-likeness (QED) is 0.578. The largest absolute Gasteiger partial charge is 0.481 e. The van der Waals surface area contributed by atoms with Gasteiger partial charge in [0.15, 0.2) is 11.5 Å². The fraction of sp³-hybridized carbons (Fsp3) is 0.294. The number of aromatic nitrogens is 6. The van der Waals surface area contributed by atoms with E-state index in [4.69, 9.17) is 14.7 Å². The summed E-state index contributed by atoms with van der Waals surface area (Å²) in [6.07, 6.45) is 7.25. The summed E-state index contributed by atoms with van der Waals surface area (Å²) in [5.74, 6) is 2.36. The van der Waals surface area contributed by atoms with Crippen molar-refractivity contribution in [3.63, 3.8) is 0 Å². The highest BCUT2D eigenvalue weighted by molar-refractivity contribution is 5.81.